The summed E-state index contributed by atoms with van der Waals surface area (Å²) in [6.45, 7) is 1.55. The van der Waals surface area contributed by atoms with Crippen LogP contribution in [0.5, 0.6) is 5.75 Å². The van der Waals surface area contributed by atoms with Crippen LogP contribution in [0.4, 0.5) is 0 Å². The zero-order valence-corrected chi connectivity index (χ0v) is 9.94. The second-order valence-corrected chi connectivity index (χ2v) is 3.84. The van der Waals surface area contributed by atoms with E-state index in [4.69, 9.17) is 4.74 Å². The van der Waals surface area contributed by atoms with Gasteiger partial charge in [-0.2, -0.15) is 0 Å². The molecule has 18 heavy (non-hydrogen) atoms. The predicted molar refractivity (Wildman–Crippen MR) is 75.2 cm³/mol. The lowest BCUT2D eigenvalue weighted by Gasteiger charge is -2.09. The molecule has 0 aliphatic rings. The van der Waals surface area contributed by atoms with Crippen molar-refractivity contribution in [2.24, 2.45) is 0 Å². The Balaban J connectivity index is 0.00000162. The summed E-state index contributed by atoms with van der Waals surface area (Å²) < 4.78 is 5.34. The molecule has 94 valence electrons. The second-order valence-electron chi connectivity index (χ2n) is 3.84. The fourth-order valence-corrected chi connectivity index (χ4v) is 1.77. The minimum atomic E-state index is 0. The molecule has 0 heterocycles. The van der Waals surface area contributed by atoms with E-state index >= 15 is 0 Å². The van der Waals surface area contributed by atoms with Crippen LogP contribution in [0.25, 0.3) is 11.1 Å². The van der Waals surface area contributed by atoms with Crippen molar-refractivity contribution in [2.75, 3.05) is 7.11 Å². The van der Waals surface area contributed by atoms with E-state index in [1.54, 1.807) is 20.1 Å². The first kappa shape index (κ1) is 14.0. The van der Waals surface area contributed by atoms with Gasteiger partial charge in [0.25, 0.3) is 0 Å². The third-order valence-electron chi connectivity index (χ3n) is 2.69. The van der Waals surface area contributed by atoms with Gasteiger partial charge in [-0.3, -0.25) is 4.79 Å². The van der Waals surface area contributed by atoms with E-state index in [9.17, 15) is 4.79 Å². The van der Waals surface area contributed by atoms with Crippen molar-refractivity contribution in [3.05, 3.63) is 54.1 Å². The molecule has 2 aromatic rings. The maximum Gasteiger partial charge on any atom is 0.159 e. The number of ether oxygens (including phenoxy) is 1. The number of carbonyl (C=O) groups excluding carboxylic acids is 1. The van der Waals surface area contributed by atoms with E-state index in [-0.39, 0.29) is 13.2 Å². The van der Waals surface area contributed by atoms with Crippen LogP contribution in [0.15, 0.2) is 48.5 Å². The van der Waals surface area contributed by atoms with Crippen LogP contribution in [0.2, 0.25) is 0 Å². The lowest BCUT2D eigenvalue weighted by Crippen LogP contribution is -1.95. The Morgan fingerprint density at radius 1 is 1.06 bits per heavy atom. The molecule has 0 radical (unpaired) electrons. The van der Waals surface area contributed by atoms with E-state index in [1.807, 2.05) is 42.5 Å². The Labute approximate surface area is 108 Å². The van der Waals surface area contributed by atoms with E-state index in [2.05, 4.69) is 0 Å². The molecule has 0 aliphatic heterocycles. The van der Waals surface area contributed by atoms with Crippen molar-refractivity contribution in [3.63, 3.8) is 0 Å². The Morgan fingerprint density at radius 2 is 1.72 bits per heavy atom. The molecule has 0 unspecified atom stereocenters. The average molecular weight is 242 g/mol. The zero-order valence-electron chi connectivity index (χ0n) is 9.94. The molecule has 0 atom stereocenters. The molecule has 0 spiro atoms. The maximum absolute atomic E-state index is 11.3. The first-order chi connectivity index (χ1) is 8.22. The molecule has 2 aromatic carbocycles. The molecule has 0 bridgehead atoms. The van der Waals surface area contributed by atoms with Gasteiger partial charge in [0.2, 0.25) is 0 Å². The van der Waals surface area contributed by atoms with Gasteiger partial charge in [-0.15, -0.1) is 0 Å². The summed E-state index contributed by atoms with van der Waals surface area (Å²) in [5.41, 5.74) is 2.75. The molecule has 2 nitrogen and oxygen atoms in total. The number of benzene rings is 2. The van der Waals surface area contributed by atoms with Gasteiger partial charge in [-0.1, -0.05) is 43.8 Å². The first-order valence-electron chi connectivity index (χ1n) is 5.47. The fraction of sp³-hybridized carbons (Fsp3) is 0.188. The standard InChI is InChI=1S/C15H14O2.CH4/c1-11(16)13-8-9-14(15(10-13)17-2)12-6-4-3-5-7-12;/h3-10H,1-2H3;1H4. The normalized spacial score (nSPS) is 9.44. The van der Waals surface area contributed by atoms with Crippen LogP contribution < -0.4 is 4.74 Å². The summed E-state index contributed by atoms with van der Waals surface area (Å²) in [4.78, 5) is 11.3. The van der Waals surface area contributed by atoms with Gasteiger partial charge in [0.1, 0.15) is 5.75 Å². The largest absolute Gasteiger partial charge is 0.496 e. The van der Waals surface area contributed by atoms with Gasteiger partial charge in [0.05, 0.1) is 7.11 Å². The van der Waals surface area contributed by atoms with Crippen LogP contribution in [-0.2, 0) is 0 Å². The summed E-state index contributed by atoms with van der Waals surface area (Å²) in [6, 6.07) is 15.5. The molecule has 0 fully saturated rings. The Bertz CT molecular complexity index is 530. The third-order valence-corrected chi connectivity index (χ3v) is 2.69. The van der Waals surface area contributed by atoms with Crippen molar-refractivity contribution in [1.29, 1.82) is 0 Å². The topological polar surface area (TPSA) is 26.3 Å². The van der Waals surface area contributed by atoms with Gasteiger partial charge >= 0.3 is 0 Å². The highest BCUT2D eigenvalue weighted by Crippen LogP contribution is 2.30. The zero-order chi connectivity index (χ0) is 12.3. The van der Waals surface area contributed by atoms with Crippen molar-refractivity contribution in [3.8, 4) is 16.9 Å². The SMILES string of the molecule is C.COc1cc(C(C)=O)ccc1-c1ccccc1. The molecule has 2 heteroatoms. The summed E-state index contributed by atoms with van der Waals surface area (Å²) in [5.74, 6) is 0.770. The highest BCUT2D eigenvalue weighted by Gasteiger charge is 2.08. The average Bonchev–Trinajstić information content (AvgIpc) is 2.39. The summed E-state index contributed by atoms with van der Waals surface area (Å²) in [7, 11) is 1.62. The first-order valence-corrected chi connectivity index (χ1v) is 5.47. The highest BCUT2D eigenvalue weighted by atomic mass is 16.5. The van der Waals surface area contributed by atoms with Gasteiger partial charge in [0.15, 0.2) is 5.78 Å². The number of hydrogen-bond donors (Lipinski definition) is 0. The number of carbonyl (C=O) groups is 1. The highest BCUT2D eigenvalue weighted by molar-refractivity contribution is 5.95. The van der Waals surface area contributed by atoms with Crippen molar-refractivity contribution in [1.82, 2.24) is 0 Å². The summed E-state index contributed by atoms with van der Waals surface area (Å²) in [6.07, 6.45) is 0. The molecule has 2 rings (SSSR count). The number of Topliss-reactive ketones (excluding diaryl/α,β-unsaturated/α-hetero) is 1. The molecule has 0 saturated heterocycles. The number of hydrogen-bond acceptors (Lipinski definition) is 2. The monoisotopic (exact) mass is 242 g/mol. The summed E-state index contributed by atoms with van der Waals surface area (Å²) in [5, 5.41) is 0. The van der Waals surface area contributed by atoms with E-state index in [0.29, 0.717) is 5.56 Å². The number of methoxy groups -OCH3 is 1. The number of rotatable bonds is 3. The molecule has 0 aliphatic carbocycles. The molecular formula is C16H18O2. The van der Waals surface area contributed by atoms with Gasteiger partial charge in [0, 0.05) is 11.1 Å². The maximum atomic E-state index is 11.3. The summed E-state index contributed by atoms with van der Waals surface area (Å²) >= 11 is 0. The van der Waals surface area contributed by atoms with Crippen molar-refractivity contribution < 1.29 is 9.53 Å². The quantitative estimate of drug-likeness (QED) is 0.754. The van der Waals surface area contributed by atoms with Crippen molar-refractivity contribution >= 4 is 5.78 Å². The van der Waals surface area contributed by atoms with Gasteiger partial charge in [-0.25, -0.2) is 0 Å². The smallest absolute Gasteiger partial charge is 0.159 e. The van der Waals surface area contributed by atoms with E-state index < -0.39 is 0 Å². The van der Waals surface area contributed by atoms with Crippen molar-refractivity contribution in [2.45, 2.75) is 14.4 Å². The minimum absolute atomic E-state index is 0. The molecular weight excluding hydrogens is 224 g/mol. The molecule has 0 N–H and O–H groups in total. The second kappa shape index (κ2) is 6.01. The van der Waals surface area contributed by atoms with Crippen LogP contribution in [-0.4, -0.2) is 12.9 Å². The van der Waals surface area contributed by atoms with Crippen LogP contribution >= 0.6 is 0 Å². The molecule has 0 amide bonds. The van der Waals surface area contributed by atoms with Crippen LogP contribution in [0.3, 0.4) is 0 Å². The number of ketones is 1. The third kappa shape index (κ3) is 2.77. The Kier molecular flexibility index (Phi) is 4.67. The Hall–Kier alpha value is -2.09. The lowest BCUT2D eigenvalue weighted by atomic mass is 10.0. The molecule has 0 aromatic heterocycles. The molecule has 0 saturated carbocycles. The lowest BCUT2D eigenvalue weighted by molar-refractivity contribution is 0.101. The fourth-order valence-electron chi connectivity index (χ4n) is 1.77. The van der Waals surface area contributed by atoms with Crippen LogP contribution in [0.1, 0.15) is 24.7 Å². The van der Waals surface area contributed by atoms with E-state index in [0.717, 1.165) is 16.9 Å². The minimum Gasteiger partial charge on any atom is -0.496 e. The van der Waals surface area contributed by atoms with Gasteiger partial charge < -0.3 is 4.74 Å². The predicted octanol–water partition coefficient (Wildman–Crippen LogP) is 4.20. The van der Waals surface area contributed by atoms with Crippen LogP contribution in [0, 0.1) is 0 Å². The van der Waals surface area contributed by atoms with E-state index in [1.165, 1.54) is 0 Å². The Morgan fingerprint density at radius 3 is 2.28 bits per heavy atom. The van der Waals surface area contributed by atoms with Gasteiger partial charge in [-0.05, 0) is 24.6 Å².